The maximum atomic E-state index is 10.5. The molecule has 0 heterocycles. The van der Waals surface area contributed by atoms with Crippen molar-refractivity contribution in [3.05, 3.63) is 35.5 Å². The van der Waals surface area contributed by atoms with E-state index < -0.39 is 17.1 Å². The zero-order valence-corrected chi connectivity index (χ0v) is 16.0. The van der Waals surface area contributed by atoms with Crippen molar-refractivity contribution in [2.24, 2.45) is 5.92 Å². The molecule has 1 rings (SSSR count). The quantitative estimate of drug-likeness (QED) is 0.515. The zero-order valence-electron chi connectivity index (χ0n) is 15.3. The van der Waals surface area contributed by atoms with Crippen molar-refractivity contribution < 1.29 is 15.3 Å². The van der Waals surface area contributed by atoms with Crippen LogP contribution in [0.1, 0.15) is 59.3 Å². The van der Waals surface area contributed by atoms with Gasteiger partial charge in [0, 0.05) is 5.92 Å². The zero-order chi connectivity index (χ0) is 18.3. The molecule has 0 bridgehead atoms. The Kier molecular flexibility index (Phi) is 8.72. The lowest BCUT2D eigenvalue weighted by molar-refractivity contribution is 0.117. The Balaban J connectivity index is 3.03. The van der Waals surface area contributed by atoms with E-state index in [0.717, 1.165) is 30.4 Å². The van der Waals surface area contributed by atoms with Crippen molar-refractivity contribution in [1.82, 2.24) is 0 Å². The van der Waals surface area contributed by atoms with Gasteiger partial charge in [0.25, 0.3) is 0 Å². The third kappa shape index (κ3) is 6.72. The molecule has 0 amide bonds. The predicted molar refractivity (Wildman–Crippen MR) is 101 cm³/mol. The number of halogens is 1. The number of alkyl halides is 1. The molecule has 1 aliphatic carbocycles. The van der Waals surface area contributed by atoms with Gasteiger partial charge in [0.2, 0.25) is 0 Å². The summed E-state index contributed by atoms with van der Waals surface area (Å²) in [6, 6.07) is 0. The summed E-state index contributed by atoms with van der Waals surface area (Å²) in [6.45, 7) is 9.78. The Morgan fingerprint density at radius 1 is 1.33 bits per heavy atom. The Labute approximate surface area is 151 Å². The molecule has 0 fully saturated rings. The first kappa shape index (κ1) is 21.4. The molecule has 0 saturated carbocycles. The average Bonchev–Trinajstić information content (AvgIpc) is 2.49. The Hall–Kier alpha value is -0.610. The first-order valence-electron chi connectivity index (χ1n) is 8.84. The van der Waals surface area contributed by atoms with Crippen LogP contribution < -0.4 is 0 Å². The lowest BCUT2D eigenvalue weighted by Crippen LogP contribution is -2.33. The van der Waals surface area contributed by atoms with Crippen LogP contribution >= 0.6 is 11.6 Å². The standard InChI is InChI=1S/C20H33ClO3/c1-14(2)17-9-7-15(3)6-5-11-20(4,21)19(24)10-8-16(13-22)12-18(17)23/h6,12,17-19,22-24H,1,5,7-11,13H2,2-4H3/b15-6+,16-12+/t17-,18+,19-,20-/m1/s1. The van der Waals surface area contributed by atoms with E-state index in [-0.39, 0.29) is 12.5 Å². The molecular formula is C20H33ClO3. The van der Waals surface area contributed by atoms with Gasteiger partial charge in [0.1, 0.15) is 0 Å². The molecule has 0 spiro atoms. The first-order chi connectivity index (χ1) is 11.2. The van der Waals surface area contributed by atoms with Crippen molar-refractivity contribution in [2.45, 2.75) is 76.4 Å². The van der Waals surface area contributed by atoms with Crippen molar-refractivity contribution in [1.29, 1.82) is 0 Å². The van der Waals surface area contributed by atoms with Crippen LogP contribution in [0.5, 0.6) is 0 Å². The highest BCUT2D eigenvalue weighted by Gasteiger charge is 2.30. The minimum atomic E-state index is -0.680. The number of aliphatic hydroxyl groups excluding tert-OH is 3. The van der Waals surface area contributed by atoms with Crippen molar-refractivity contribution >= 4 is 11.6 Å². The highest BCUT2D eigenvalue weighted by atomic mass is 35.5. The Bertz CT molecular complexity index is 479. The van der Waals surface area contributed by atoms with E-state index in [2.05, 4.69) is 19.6 Å². The highest BCUT2D eigenvalue weighted by molar-refractivity contribution is 6.24. The average molecular weight is 357 g/mol. The number of aliphatic hydroxyl groups is 3. The van der Waals surface area contributed by atoms with Gasteiger partial charge in [-0.1, -0.05) is 29.9 Å². The van der Waals surface area contributed by atoms with E-state index in [4.69, 9.17) is 11.6 Å². The lowest BCUT2D eigenvalue weighted by atomic mass is 9.86. The minimum Gasteiger partial charge on any atom is -0.392 e. The van der Waals surface area contributed by atoms with E-state index in [1.165, 1.54) is 5.57 Å². The summed E-state index contributed by atoms with van der Waals surface area (Å²) in [5.74, 6) is -0.0268. The molecule has 0 radical (unpaired) electrons. The van der Waals surface area contributed by atoms with Crippen LogP contribution in [0.15, 0.2) is 35.5 Å². The Morgan fingerprint density at radius 2 is 2.00 bits per heavy atom. The van der Waals surface area contributed by atoms with Gasteiger partial charge < -0.3 is 15.3 Å². The molecule has 3 nitrogen and oxygen atoms in total. The van der Waals surface area contributed by atoms with Gasteiger partial charge in [0.15, 0.2) is 0 Å². The SMILES string of the molecule is C=C(C)[C@H]1CC/C(C)=C/CC[C@@](C)(Cl)[C@H](O)CC/C(CO)=C\[C@@H]1O. The summed E-state index contributed by atoms with van der Waals surface area (Å²) in [7, 11) is 0. The summed E-state index contributed by atoms with van der Waals surface area (Å²) in [6.07, 6.45) is 6.82. The van der Waals surface area contributed by atoms with Crippen LogP contribution in [0.2, 0.25) is 0 Å². The highest BCUT2D eigenvalue weighted by Crippen LogP contribution is 2.31. The molecule has 3 N–H and O–H groups in total. The van der Waals surface area contributed by atoms with Crippen LogP contribution in [0, 0.1) is 5.92 Å². The predicted octanol–water partition coefficient (Wildman–Crippen LogP) is 4.12. The molecule has 0 saturated heterocycles. The summed E-state index contributed by atoms with van der Waals surface area (Å²) in [5.41, 5.74) is 2.95. The fourth-order valence-corrected chi connectivity index (χ4v) is 3.38. The molecule has 1 aliphatic rings. The molecule has 0 aromatic carbocycles. The maximum Gasteiger partial charge on any atom is 0.0789 e. The fraction of sp³-hybridized carbons (Fsp3) is 0.700. The van der Waals surface area contributed by atoms with Gasteiger partial charge in [-0.15, -0.1) is 11.6 Å². The number of hydrogen-bond acceptors (Lipinski definition) is 3. The summed E-state index contributed by atoms with van der Waals surface area (Å²) >= 11 is 6.50. The van der Waals surface area contributed by atoms with E-state index >= 15 is 0 Å². The Morgan fingerprint density at radius 3 is 2.58 bits per heavy atom. The van der Waals surface area contributed by atoms with E-state index in [0.29, 0.717) is 19.3 Å². The molecule has 4 heteroatoms. The summed E-state index contributed by atoms with van der Waals surface area (Å²) in [4.78, 5) is -0.680. The van der Waals surface area contributed by atoms with E-state index in [9.17, 15) is 15.3 Å². The second-order valence-corrected chi connectivity index (χ2v) is 8.25. The van der Waals surface area contributed by atoms with Gasteiger partial charge in [-0.25, -0.2) is 0 Å². The smallest absolute Gasteiger partial charge is 0.0789 e. The molecule has 0 aromatic rings. The molecule has 4 atom stereocenters. The van der Waals surface area contributed by atoms with Crippen LogP contribution in [-0.4, -0.2) is 39.0 Å². The second kappa shape index (κ2) is 9.76. The van der Waals surface area contributed by atoms with Crippen LogP contribution in [0.4, 0.5) is 0 Å². The maximum absolute atomic E-state index is 10.5. The van der Waals surface area contributed by atoms with Gasteiger partial charge in [-0.05, 0) is 64.9 Å². The number of allylic oxidation sites excluding steroid dienone is 2. The van der Waals surface area contributed by atoms with E-state index in [1.54, 1.807) is 6.08 Å². The van der Waals surface area contributed by atoms with Crippen LogP contribution in [-0.2, 0) is 0 Å². The third-order valence-corrected chi connectivity index (χ3v) is 5.50. The van der Waals surface area contributed by atoms with Crippen molar-refractivity contribution in [3.8, 4) is 0 Å². The monoisotopic (exact) mass is 356 g/mol. The summed E-state index contributed by atoms with van der Waals surface area (Å²) < 4.78 is 0. The first-order valence-corrected chi connectivity index (χ1v) is 9.21. The largest absolute Gasteiger partial charge is 0.392 e. The van der Waals surface area contributed by atoms with E-state index in [1.807, 2.05) is 13.8 Å². The van der Waals surface area contributed by atoms with Crippen LogP contribution in [0.3, 0.4) is 0 Å². The van der Waals surface area contributed by atoms with Gasteiger partial charge in [-0.2, -0.15) is 0 Å². The van der Waals surface area contributed by atoms with Gasteiger partial charge in [0.05, 0.1) is 23.7 Å². The second-order valence-electron chi connectivity index (χ2n) is 7.39. The molecule has 0 aliphatic heterocycles. The lowest BCUT2D eigenvalue weighted by Gasteiger charge is -2.29. The molecule has 138 valence electrons. The molecule has 24 heavy (non-hydrogen) atoms. The molecule has 0 aromatic heterocycles. The van der Waals surface area contributed by atoms with Crippen LogP contribution in [0.25, 0.3) is 0 Å². The summed E-state index contributed by atoms with van der Waals surface area (Å²) in [5, 5.41) is 30.5. The topological polar surface area (TPSA) is 60.7 Å². The number of hydrogen-bond donors (Lipinski definition) is 3. The van der Waals surface area contributed by atoms with Crippen molar-refractivity contribution in [3.63, 3.8) is 0 Å². The molecular weight excluding hydrogens is 324 g/mol. The van der Waals surface area contributed by atoms with Gasteiger partial charge in [-0.3, -0.25) is 0 Å². The van der Waals surface area contributed by atoms with Crippen molar-refractivity contribution in [2.75, 3.05) is 6.61 Å². The number of rotatable bonds is 2. The fourth-order valence-electron chi connectivity index (χ4n) is 3.16. The minimum absolute atomic E-state index is 0.0268. The van der Waals surface area contributed by atoms with Gasteiger partial charge >= 0.3 is 0 Å². The normalized spacial score (nSPS) is 38.4. The molecule has 0 unspecified atom stereocenters. The third-order valence-electron chi connectivity index (χ3n) is 5.06.